The summed E-state index contributed by atoms with van der Waals surface area (Å²) in [7, 11) is 1.44. The summed E-state index contributed by atoms with van der Waals surface area (Å²) in [6, 6.07) is 1.07. The van der Waals surface area contributed by atoms with Gasteiger partial charge in [-0.3, -0.25) is 0 Å². The zero-order chi connectivity index (χ0) is 13.3. The number of rotatable bonds is 2. The second-order valence-corrected chi connectivity index (χ2v) is 5.61. The molecule has 0 aromatic heterocycles. The van der Waals surface area contributed by atoms with E-state index in [2.05, 4.69) is 15.9 Å². The van der Waals surface area contributed by atoms with Crippen molar-refractivity contribution in [2.75, 3.05) is 7.11 Å². The van der Waals surface area contributed by atoms with Crippen LogP contribution in [0.1, 0.15) is 37.7 Å². The van der Waals surface area contributed by atoms with Crippen LogP contribution in [0.4, 0.5) is 4.39 Å². The fourth-order valence-corrected chi connectivity index (χ4v) is 3.62. The van der Waals surface area contributed by atoms with E-state index in [0.29, 0.717) is 10.0 Å². The van der Waals surface area contributed by atoms with Crippen LogP contribution in [0.5, 0.6) is 11.5 Å². The Morgan fingerprint density at radius 2 is 2.00 bits per heavy atom. The molecule has 0 bridgehead atoms. The smallest absolute Gasteiger partial charge is 0.175 e. The van der Waals surface area contributed by atoms with Crippen LogP contribution in [0.2, 0.25) is 0 Å². The Bertz CT molecular complexity index is 459. The van der Waals surface area contributed by atoms with Crippen molar-refractivity contribution in [3.8, 4) is 11.5 Å². The van der Waals surface area contributed by atoms with Crippen molar-refractivity contribution in [1.29, 1.82) is 0 Å². The van der Waals surface area contributed by atoms with E-state index in [1.165, 1.54) is 7.11 Å². The van der Waals surface area contributed by atoms with Crippen molar-refractivity contribution in [3.05, 3.63) is 21.9 Å². The molecular weight excluding hydrogens is 301 g/mol. The predicted molar refractivity (Wildman–Crippen MR) is 71.3 cm³/mol. The number of benzene rings is 1. The monoisotopic (exact) mass is 317 g/mol. The average Bonchev–Trinajstić information content (AvgIpc) is 2.29. The molecule has 0 aliphatic heterocycles. The van der Waals surface area contributed by atoms with Crippen LogP contribution in [0, 0.1) is 5.82 Å². The van der Waals surface area contributed by atoms with Crippen molar-refractivity contribution in [3.63, 3.8) is 0 Å². The highest BCUT2D eigenvalue weighted by Gasteiger charge is 2.35. The van der Waals surface area contributed by atoms with Crippen LogP contribution in [0.25, 0.3) is 0 Å². The van der Waals surface area contributed by atoms with Crippen LogP contribution < -0.4 is 10.5 Å². The maximum Gasteiger partial charge on any atom is 0.175 e. The second kappa shape index (κ2) is 5.05. The molecule has 0 atom stereocenters. The number of phenolic OH excluding ortho intramolecular Hbond substituents is 1. The molecule has 1 saturated carbocycles. The summed E-state index contributed by atoms with van der Waals surface area (Å²) < 4.78 is 19.6. The highest BCUT2D eigenvalue weighted by Crippen LogP contribution is 2.46. The molecule has 0 radical (unpaired) electrons. The third-order valence-electron chi connectivity index (χ3n) is 3.60. The first-order chi connectivity index (χ1) is 8.49. The molecule has 3 N–H and O–H groups in total. The van der Waals surface area contributed by atoms with E-state index in [-0.39, 0.29) is 11.5 Å². The molecule has 1 aromatic carbocycles. The molecule has 0 heterocycles. The van der Waals surface area contributed by atoms with Gasteiger partial charge in [0.2, 0.25) is 0 Å². The van der Waals surface area contributed by atoms with Gasteiger partial charge in [-0.05, 0) is 28.8 Å². The van der Waals surface area contributed by atoms with Gasteiger partial charge in [0.05, 0.1) is 11.6 Å². The fourth-order valence-electron chi connectivity index (χ4n) is 2.67. The molecule has 1 fully saturated rings. The van der Waals surface area contributed by atoms with Gasteiger partial charge in [0.1, 0.15) is 5.82 Å². The molecule has 0 unspecified atom stereocenters. The molecule has 3 nitrogen and oxygen atoms in total. The molecule has 1 aliphatic rings. The summed E-state index contributed by atoms with van der Waals surface area (Å²) in [4.78, 5) is 0. The molecule has 18 heavy (non-hydrogen) atoms. The Kier molecular flexibility index (Phi) is 3.82. The quantitative estimate of drug-likeness (QED) is 0.878. The first-order valence-corrected chi connectivity index (χ1v) is 6.83. The van der Waals surface area contributed by atoms with Crippen molar-refractivity contribution in [1.82, 2.24) is 0 Å². The van der Waals surface area contributed by atoms with E-state index in [1.54, 1.807) is 0 Å². The van der Waals surface area contributed by atoms with Gasteiger partial charge in [-0.25, -0.2) is 4.39 Å². The Morgan fingerprint density at radius 1 is 1.39 bits per heavy atom. The van der Waals surface area contributed by atoms with Crippen LogP contribution in [-0.2, 0) is 5.54 Å². The predicted octanol–water partition coefficient (Wildman–Crippen LogP) is 3.42. The first-order valence-electron chi connectivity index (χ1n) is 6.04. The molecule has 0 spiro atoms. The van der Waals surface area contributed by atoms with E-state index < -0.39 is 11.4 Å². The topological polar surface area (TPSA) is 55.5 Å². The summed E-state index contributed by atoms with van der Waals surface area (Å²) in [5, 5.41) is 9.64. The Balaban J connectivity index is 2.56. The lowest BCUT2D eigenvalue weighted by Crippen LogP contribution is -2.39. The Hall–Kier alpha value is -0.810. The number of hydrogen-bond donors (Lipinski definition) is 2. The Labute approximate surface area is 114 Å². The van der Waals surface area contributed by atoms with Gasteiger partial charge in [-0.15, -0.1) is 0 Å². The first kappa shape index (κ1) is 13.6. The van der Waals surface area contributed by atoms with Crippen LogP contribution in [0.15, 0.2) is 10.5 Å². The molecule has 1 aromatic rings. The van der Waals surface area contributed by atoms with E-state index in [9.17, 15) is 9.50 Å². The lowest BCUT2D eigenvalue weighted by Gasteiger charge is -2.35. The number of hydrogen-bond acceptors (Lipinski definition) is 3. The van der Waals surface area contributed by atoms with Gasteiger partial charge in [-0.1, -0.05) is 19.3 Å². The summed E-state index contributed by atoms with van der Waals surface area (Å²) >= 11 is 3.31. The van der Waals surface area contributed by atoms with Crippen LogP contribution in [-0.4, -0.2) is 12.2 Å². The van der Waals surface area contributed by atoms with Gasteiger partial charge in [-0.2, -0.15) is 0 Å². The minimum Gasteiger partial charge on any atom is -0.504 e. The normalized spacial score (nSPS) is 18.7. The zero-order valence-corrected chi connectivity index (χ0v) is 11.9. The number of nitrogens with two attached hydrogens (primary N) is 1. The van der Waals surface area contributed by atoms with Gasteiger partial charge in [0.15, 0.2) is 11.5 Å². The van der Waals surface area contributed by atoms with E-state index >= 15 is 0 Å². The lowest BCUT2D eigenvalue weighted by molar-refractivity contribution is 0.287. The standard InChI is InChI=1S/C13H17BrFNO2/c1-18-12-9(17)7-8(15)10(11(12)14)13(16)5-3-2-4-6-13/h7,17H,2-6,16H2,1H3. The van der Waals surface area contributed by atoms with Gasteiger partial charge < -0.3 is 15.6 Å². The largest absolute Gasteiger partial charge is 0.504 e. The SMILES string of the molecule is COc1c(O)cc(F)c(C2(N)CCCCC2)c1Br. The maximum absolute atomic E-state index is 14.1. The van der Waals surface area contributed by atoms with Crippen LogP contribution in [0.3, 0.4) is 0 Å². The summed E-state index contributed by atoms with van der Waals surface area (Å²) in [6.07, 6.45) is 4.61. The molecular formula is C13H17BrFNO2. The number of halogens is 2. The third-order valence-corrected chi connectivity index (χ3v) is 4.36. The molecule has 0 amide bonds. The van der Waals surface area contributed by atoms with Gasteiger partial charge in [0.25, 0.3) is 0 Å². The summed E-state index contributed by atoms with van der Waals surface area (Å²) in [6.45, 7) is 0. The number of aromatic hydroxyl groups is 1. The number of ether oxygens (including phenoxy) is 1. The Morgan fingerprint density at radius 3 is 2.56 bits per heavy atom. The van der Waals surface area contributed by atoms with E-state index in [0.717, 1.165) is 38.2 Å². The minimum atomic E-state index is -0.678. The third kappa shape index (κ3) is 2.21. The van der Waals surface area contributed by atoms with Crippen molar-refractivity contribution in [2.45, 2.75) is 37.6 Å². The van der Waals surface area contributed by atoms with Crippen molar-refractivity contribution in [2.24, 2.45) is 5.73 Å². The summed E-state index contributed by atoms with van der Waals surface area (Å²) in [5.74, 6) is -0.462. The van der Waals surface area contributed by atoms with Crippen LogP contribution >= 0.6 is 15.9 Å². The molecule has 1 aliphatic carbocycles. The maximum atomic E-state index is 14.1. The fraction of sp³-hybridized carbons (Fsp3) is 0.538. The highest BCUT2D eigenvalue weighted by molar-refractivity contribution is 9.10. The van der Waals surface area contributed by atoms with Crippen molar-refractivity contribution < 1.29 is 14.2 Å². The second-order valence-electron chi connectivity index (χ2n) is 4.82. The van der Waals surface area contributed by atoms with Gasteiger partial charge in [0, 0.05) is 17.2 Å². The van der Waals surface area contributed by atoms with Gasteiger partial charge >= 0.3 is 0 Å². The summed E-state index contributed by atoms with van der Waals surface area (Å²) in [5.41, 5.74) is 6.08. The molecule has 0 saturated heterocycles. The average molecular weight is 318 g/mol. The van der Waals surface area contributed by atoms with E-state index in [1.807, 2.05) is 0 Å². The zero-order valence-electron chi connectivity index (χ0n) is 10.3. The number of phenols is 1. The van der Waals surface area contributed by atoms with E-state index in [4.69, 9.17) is 10.5 Å². The highest BCUT2D eigenvalue weighted by atomic mass is 79.9. The molecule has 100 valence electrons. The molecule has 2 rings (SSSR count). The lowest BCUT2D eigenvalue weighted by atomic mass is 9.77. The molecule has 5 heteroatoms. The van der Waals surface area contributed by atoms with Crippen molar-refractivity contribution >= 4 is 15.9 Å². The number of methoxy groups -OCH3 is 1. The minimum absolute atomic E-state index is 0.218.